The van der Waals surface area contributed by atoms with Gasteiger partial charge in [-0.1, -0.05) is 19.8 Å². The Morgan fingerprint density at radius 2 is 2.17 bits per heavy atom. The van der Waals surface area contributed by atoms with Gasteiger partial charge in [-0.3, -0.25) is 0 Å². The highest BCUT2D eigenvalue weighted by atomic mass is 16.3. The van der Waals surface area contributed by atoms with Crippen molar-refractivity contribution in [2.45, 2.75) is 51.6 Å². The number of hydrogen-bond acceptors (Lipinski definition) is 3. The van der Waals surface area contributed by atoms with Crippen LogP contribution in [0.1, 0.15) is 45.4 Å². The molecule has 0 aromatic rings. The van der Waals surface area contributed by atoms with Crippen LogP contribution in [0.4, 0.5) is 0 Å². The van der Waals surface area contributed by atoms with Gasteiger partial charge in [0.15, 0.2) is 0 Å². The minimum absolute atomic E-state index is 0.0913. The molecule has 0 aromatic heterocycles. The SMILES string of the molecule is CNCC1(CN2CCCC(O)C2)CCCC(C)C1. The Morgan fingerprint density at radius 1 is 1.33 bits per heavy atom. The predicted molar refractivity (Wildman–Crippen MR) is 75.7 cm³/mol. The lowest BCUT2D eigenvalue weighted by Crippen LogP contribution is -2.49. The third kappa shape index (κ3) is 3.69. The number of aliphatic hydroxyl groups is 1. The molecule has 1 heterocycles. The number of nitrogens with zero attached hydrogens (tertiary/aromatic N) is 1. The van der Waals surface area contributed by atoms with Crippen LogP contribution in [0.2, 0.25) is 0 Å². The van der Waals surface area contributed by atoms with Gasteiger partial charge in [0.1, 0.15) is 0 Å². The lowest BCUT2D eigenvalue weighted by Gasteiger charge is -2.44. The summed E-state index contributed by atoms with van der Waals surface area (Å²) in [6.07, 6.45) is 7.53. The lowest BCUT2D eigenvalue weighted by atomic mass is 9.69. The third-order valence-electron chi connectivity index (χ3n) is 4.78. The van der Waals surface area contributed by atoms with E-state index < -0.39 is 0 Å². The summed E-state index contributed by atoms with van der Waals surface area (Å²) >= 11 is 0. The first-order valence-electron chi connectivity index (χ1n) is 7.68. The normalized spacial score (nSPS) is 38.8. The van der Waals surface area contributed by atoms with E-state index in [9.17, 15) is 5.11 Å². The molecule has 1 aliphatic heterocycles. The Bertz CT molecular complexity index is 255. The Kier molecular flexibility index (Phi) is 5.05. The summed E-state index contributed by atoms with van der Waals surface area (Å²) in [6.45, 7) is 6.77. The average Bonchev–Trinajstić information content (AvgIpc) is 2.28. The van der Waals surface area contributed by atoms with E-state index in [0.29, 0.717) is 5.41 Å². The lowest BCUT2D eigenvalue weighted by molar-refractivity contribution is 0.0239. The second-order valence-electron chi connectivity index (χ2n) is 6.76. The first-order valence-corrected chi connectivity index (χ1v) is 7.68. The highest BCUT2D eigenvalue weighted by Gasteiger charge is 2.36. The summed E-state index contributed by atoms with van der Waals surface area (Å²) in [5, 5.41) is 13.2. The highest BCUT2D eigenvalue weighted by Crippen LogP contribution is 2.40. The van der Waals surface area contributed by atoms with Crippen molar-refractivity contribution in [2.24, 2.45) is 11.3 Å². The summed E-state index contributed by atoms with van der Waals surface area (Å²) in [7, 11) is 2.08. The van der Waals surface area contributed by atoms with Crippen LogP contribution in [0.5, 0.6) is 0 Å². The van der Waals surface area contributed by atoms with Gasteiger partial charge in [-0.05, 0) is 50.6 Å². The van der Waals surface area contributed by atoms with Crippen molar-refractivity contribution < 1.29 is 5.11 Å². The first kappa shape index (κ1) is 14.3. The quantitative estimate of drug-likeness (QED) is 0.804. The highest BCUT2D eigenvalue weighted by molar-refractivity contribution is 4.90. The van der Waals surface area contributed by atoms with Crippen LogP contribution < -0.4 is 5.32 Å². The summed E-state index contributed by atoms with van der Waals surface area (Å²) in [5.74, 6) is 0.863. The molecule has 3 heteroatoms. The van der Waals surface area contributed by atoms with E-state index in [0.717, 1.165) is 31.8 Å². The molecule has 0 bridgehead atoms. The number of hydrogen-bond donors (Lipinski definition) is 2. The summed E-state index contributed by atoms with van der Waals surface area (Å²) in [4.78, 5) is 2.50. The van der Waals surface area contributed by atoms with Crippen molar-refractivity contribution in [1.82, 2.24) is 10.2 Å². The largest absolute Gasteiger partial charge is 0.392 e. The van der Waals surface area contributed by atoms with Crippen molar-refractivity contribution in [3.63, 3.8) is 0 Å². The Morgan fingerprint density at radius 3 is 2.83 bits per heavy atom. The van der Waals surface area contributed by atoms with Crippen LogP contribution in [-0.2, 0) is 0 Å². The zero-order valence-electron chi connectivity index (χ0n) is 12.1. The number of β-amino-alcohol motifs (C(OH)–C–C–N with tert-alkyl or cyclic N) is 1. The molecule has 0 spiro atoms. The number of piperidine rings is 1. The van der Waals surface area contributed by atoms with Gasteiger partial charge in [-0.25, -0.2) is 0 Å². The van der Waals surface area contributed by atoms with E-state index in [1.165, 1.54) is 38.8 Å². The minimum atomic E-state index is -0.0913. The summed E-state index contributed by atoms with van der Waals surface area (Å²) < 4.78 is 0. The second kappa shape index (κ2) is 6.36. The van der Waals surface area contributed by atoms with E-state index in [4.69, 9.17) is 0 Å². The van der Waals surface area contributed by atoms with Crippen molar-refractivity contribution >= 4 is 0 Å². The zero-order chi connectivity index (χ0) is 13.0. The summed E-state index contributed by atoms with van der Waals surface area (Å²) in [6, 6.07) is 0. The van der Waals surface area contributed by atoms with Crippen LogP contribution in [0.25, 0.3) is 0 Å². The number of likely N-dealkylation sites (tertiary alicyclic amines) is 1. The van der Waals surface area contributed by atoms with Gasteiger partial charge in [-0.2, -0.15) is 0 Å². The fraction of sp³-hybridized carbons (Fsp3) is 1.00. The molecular formula is C15H30N2O. The van der Waals surface area contributed by atoms with Crippen LogP contribution in [-0.4, -0.2) is 49.3 Å². The third-order valence-corrected chi connectivity index (χ3v) is 4.78. The number of aliphatic hydroxyl groups excluding tert-OH is 1. The monoisotopic (exact) mass is 254 g/mol. The van der Waals surface area contributed by atoms with E-state index in [1.807, 2.05) is 0 Å². The van der Waals surface area contributed by atoms with Gasteiger partial charge < -0.3 is 15.3 Å². The second-order valence-corrected chi connectivity index (χ2v) is 6.76. The molecule has 0 aromatic carbocycles. The molecule has 3 unspecified atom stereocenters. The van der Waals surface area contributed by atoms with Gasteiger partial charge in [0.25, 0.3) is 0 Å². The molecular weight excluding hydrogens is 224 g/mol. The van der Waals surface area contributed by atoms with Crippen molar-refractivity contribution in [1.29, 1.82) is 0 Å². The molecule has 2 rings (SSSR count). The molecule has 2 aliphatic rings. The first-order chi connectivity index (χ1) is 8.63. The van der Waals surface area contributed by atoms with Crippen molar-refractivity contribution in [3.05, 3.63) is 0 Å². The van der Waals surface area contributed by atoms with E-state index in [2.05, 4.69) is 24.2 Å². The van der Waals surface area contributed by atoms with Crippen molar-refractivity contribution in [2.75, 3.05) is 33.2 Å². The maximum absolute atomic E-state index is 9.82. The minimum Gasteiger partial charge on any atom is -0.392 e. The van der Waals surface area contributed by atoms with Crippen LogP contribution >= 0.6 is 0 Å². The van der Waals surface area contributed by atoms with E-state index in [1.54, 1.807) is 0 Å². The molecule has 3 nitrogen and oxygen atoms in total. The molecule has 2 fully saturated rings. The number of rotatable bonds is 4. The molecule has 1 saturated heterocycles. The van der Waals surface area contributed by atoms with Gasteiger partial charge >= 0.3 is 0 Å². The van der Waals surface area contributed by atoms with Gasteiger partial charge in [0.2, 0.25) is 0 Å². The fourth-order valence-corrected chi connectivity index (χ4v) is 4.15. The Labute approximate surface area is 112 Å². The van der Waals surface area contributed by atoms with Crippen molar-refractivity contribution in [3.8, 4) is 0 Å². The molecule has 2 N–H and O–H groups in total. The molecule has 0 amide bonds. The topological polar surface area (TPSA) is 35.5 Å². The number of nitrogens with one attached hydrogen (secondary N) is 1. The van der Waals surface area contributed by atoms with Gasteiger partial charge in [0.05, 0.1) is 6.10 Å². The molecule has 1 saturated carbocycles. The molecule has 18 heavy (non-hydrogen) atoms. The zero-order valence-corrected chi connectivity index (χ0v) is 12.1. The molecule has 0 radical (unpaired) electrons. The van der Waals surface area contributed by atoms with Gasteiger partial charge in [-0.15, -0.1) is 0 Å². The molecule has 1 aliphatic carbocycles. The Balaban J connectivity index is 1.96. The van der Waals surface area contributed by atoms with E-state index >= 15 is 0 Å². The average molecular weight is 254 g/mol. The standard InChI is InChI=1S/C15H30N2O/c1-13-5-3-7-15(9-13,11-16-2)12-17-8-4-6-14(18)10-17/h13-14,16,18H,3-12H2,1-2H3. The van der Waals surface area contributed by atoms with E-state index in [-0.39, 0.29) is 6.10 Å². The fourth-order valence-electron chi connectivity index (χ4n) is 4.15. The summed E-state index contributed by atoms with van der Waals surface area (Å²) in [5.41, 5.74) is 0.448. The Hall–Kier alpha value is -0.120. The van der Waals surface area contributed by atoms with Crippen LogP contribution in [0.3, 0.4) is 0 Å². The van der Waals surface area contributed by atoms with Crippen LogP contribution in [0.15, 0.2) is 0 Å². The maximum atomic E-state index is 9.82. The molecule has 3 atom stereocenters. The maximum Gasteiger partial charge on any atom is 0.0667 e. The molecule has 106 valence electrons. The van der Waals surface area contributed by atoms with Crippen LogP contribution in [0, 0.1) is 11.3 Å². The predicted octanol–water partition coefficient (Wildman–Crippen LogP) is 1.86. The van der Waals surface area contributed by atoms with Gasteiger partial charge in [0, 0.05) is 19.6 Å². The smallest absolute Gasteiger partial charge is 0.0667 e.